The number of primary sulfonamides is 1. The number of thiazole rings is 1. The summed E-state index contributed by atoms with van der Waals surface area (Å²) in [6, 6.07) is 4.57. The number of nitrogens with two attached hydrogens (primary N) is 1. The molecule has 0 atom stereocenters. The fourth-order valence-corrected chi connectivity index (χ4v) is 3.99. The zero-order chi connectivity index (χ0) is 18.4. The summed E-state index contributed by atoms with van der Waals surface area (Å²) < 4.78 is 24.8. The topological polar surface area (TPSA) is 94.5 Å². The van der Waals surface area contributed by atoms with E-state index in [-0.39, 0.29) is 10.7 Å². The van der Waals surface area contributed by atoms with E-state index >= 15 is 0 Å². The lowest BCUT2D eigenvalue weighted by Gasteiger charge is -2.04. The monoisotopic (exact) mass is 375 g/mol. The van der Waals surface area contributed by atoms with Gasteiger partial charge < -0.3 is 0 Å². The minimum Gasteiger partial charge on any atom is -0.288 e. The predicted octanol–water partition coefficient (Wildman–Crippen LogP) is 2.86. The highest BCUT2D eigenvalue weighted by Crippen LogP contribution is 2.23. The van der Waals surface area contributed by atoms with Crippen LogP contribution in [0.2, 0.25) is 0 Å². The Labute approximate surface area is 149 Å². The highest BCUT2D eigenvalue weighted by Gasteiger charge is 2.15. The van der Waals surface area contributed by atoms with Gasteiger partial charge in [0.1, 0.15) is 5.69 Å². The van der Waals surface area contributed by atoms with Crippen molar-refractivity contribution in [1.82, 2.24) is 9.38 Å². The number of hydrogen-bond donors (Lipinski definition) is 1. The fraction of sp³-hybridized carbons (Fsp3) is 0.176. The smallest absolute Gasteiger partial charge is 0.238 e. The highest BCUT2D eigenvalue weighted by molar-refractivity contribution is 7.89. The number of aryl methyl sites for hydroxylation is 3. The molecule has 2 heterocycles. The van der Waals surface area contributed by atoms with Crippen LogP contribution in [-0.4, -0.2) is 23.6 Å². The summed E-state index contributed by atoms with van der Waals surface area (Å²) in [7, 11) is -3.79. The molecule has 1 aromatic carbocycles. The summed E-state index contributed by atoms with van der Waals surface area (Å²) in [5, 5.41) is 5.16. The van der Waals surface area contributed by atoms with Crippen LogP contribution in [0.1, 0.15) is 32.2 Å². The number of aromatic nitrogens is 2. The van der Waals surface area contributed by atoms with Crippen LogP contribution < -0.4 is 5.14 Å². The van der Waals surface area contributed by atoms with Gasteiger partial charge in [0.2, 0.25) is 15.8 Å². The Morgan fingerprint density at radius 2 is 2.00 bits per heavy atom. The van der Waals surface area contributed by atoms with Crippen LogP contribution in [-0.2, 0) is 10.0 Å². The molecule has 25 heavy (non-hydrogen) atoms. The van der Waals surface area contributed by atoms with E-state index in [9.17, 15) is 13.2 Å². The highest BCUT2D eigenvalue weighted by atomic mass is 32.2. The lowest BCUT2D eigenvalue weighted by Crippen LogP contribution is -2.12. The van der Waals surface area contributed by atoms with E-state index in [1.165, 1.54) is 29.5 Å². The Hall–Kier alpha value is -2.29. The summed E-state index contributed by atoms with van der Waals surface area (Å²) in [4.78, 5) is 18.7. The van der Waals surface area contributed by atoms with Crippen LogP contribution in [0.3, 0.4) is 0 Å². The van der Waals surface area contributed by atoms with E-state index in [0.717, 1.165) is 21.1 Å². The summed E-state index contributed by atoms with van der Waals surface area (Å²) in [6.45, 7) is 5.77. The van der Waals surface area contributed by atoms with Crippen LogP contribution in [0.5, 0.6) is 0 Å². The van der Waals surface area contributed by atoms with Gasteiger partial charge >= 0.3 is 0 Å². The van der Waals surface area contributed by atoms with Gasteiger partial charge in [-0.15, -0.1) is 11.3 Å². The van der Waals surface area contributed by atoms with Gasteiger partial charge in [0.05, 0.1) is 11.1 Å². The minimum atomic E-state index is -3.79. The lowest BCUT2D eigenvalue weighted by atomic mass is 10.1. The quantitative estimate of drug-likeness (QED) is 0.560. The van der Waals surface area contributed by atoms with Crippen LogP contribution in [0.25, 0.3) is 11.0 Å². The number of allylic oxidation sites excluding steroid dienone is 1. The van der Waals surface area contributed by atoms with Crippen molar-refractivity contribution in [2.75, 3.05) is 0 Å². The fourth-order valence-electron chi connectivity index (χ4n) is 2.50. The molecule has 0 saturated carbocycles. The van der Waals surface area contributed by atoms with Gasteiger partial charge in [0, 0.05) is 10.6 Å². The molecular weight excluding hydrogens is 358 g/mol. The van der Waals surface area contributed by atoms with E-state index in [1.54, 1.807) is 18.3 Å². The number of nitrogens with zero attached hydrogens (tertiary/aromatic N) is 2. The van der Waals surface area contributed by atoms with Crippen molar-refractivity contribution in [3.8, 4) is 0 Å². The van der Waals surface area contributed by atoms with E-state index < -0.39 is 10.0 Å². The molecule has 3 aromatic rings. The summed E-state index contributed by atoms with van der Waals surface area (Å²) in [5.74, 6) is -0.200. The van der Waals surface area contributed by atoms with Crippen LogP contribution in [0.15, 0.2) is 35.4 Å². The zero-order valence-electron chi connectivity index (χ0n) is 14.0. The maximum absolute atomic E-state index is 12.6. The Bertz CT molecular complexity index is 1120. The van der Waals surface area contributed by atoms with Crippen molar-refractivity contribution in [3.63, 3.8) is 0 Å². The van der Waals surface area contributed by atoms with Crippen molar-refractivity contribution in [1.29, 1.82) is 0 Å². The standard InChI is InChI=1S/C17H17N3O3S2/c1-10-4-6-14(25(18,22)23)8-13(10)5-7-16(21)15-9-19-17-20(15)11(2)12(3)24-17/h4-9H,1-3H3,(H2,18,22,23). The summed E-state index contributed by atoms with van der Waals surface area (Å²) in [6.07, 6.45) is 4.57. The van der Waals surface area contributed by atoms with Gasteiger partial charge in [-0.05, 0) is 50.1 Å². The Kier molecular flexibility index (Phi) is 4.36. The molecule has 2 aromatic heterocycles. The van der Waals surface area contributed by atoms with Gasteiger partial charge in [-0.1, -0.05) is 12.1 Å². The molecule has 0 radical (unpaired) electrons. The lowest BCUT2D eigenvalue weighted by molar-refractivity contribution is 0.104. The van der Waals surface area contributed by atoms with E-state index in [2.05, 4.69) is 4.98 Å². The molecule has 0 unspecified atom stereocenters. The molecular formula is C17H17N3O3S2. The van der Waals surface area contributed by atoms with Gasteiger partial charge in [-0.25, -0.2) is 18.5 Å². The third kappa shape index (κ3) is 3.28. The maximum atomic E-state index is 12.6. The van der Waals surface area contributed by atoms with Crippen LogP contribution >= 0.6 is 11.3 Å². The van der Waals surface area contributed by atoms with Gasteiger partial charge in [-0.2, -0.15) is 0 Å². The molecule has 0 spiro atoms. The predicted molar refractivity (Wildman–Crippen MR) is 98.5 cm³/mol. The number of rotatable bonds is 4. The molecule has 2 N–H and O–H groups in total. The minimum absolute atomic E-state index is 0.0150. The first-order chi connectivity index (χ1) is 11.7. The van der Waals surface area contributed by atoms with E-state index in [0.29, 0.717) is 11.3 Å². The molecule has 130 valence electrons. The molecule has 0 bridgehead atoms. The second-order valence-corrected chi connectivity index (χ2v) is 8.51. The third-order valence-corrected chi connectivity index (χ3v) is 6.05. The second-order valence-electron chi connectivity index (χ2n) is 5.77. The number of benzene rings is 1. The van der Waals surface area contributed by atoms with Crippen molar-refractivity contribution in [3.05, 3.63) is 57.9 Å². The SMILES string of the molecule is Cc1ccc(S(N)(=O)=O)cc1C=CC(=O)c1cnc2sc(C)c(C)n12. The average molecular weight is 375 g/mol. The number of sulfonamides is 1. The molecule has 0 amide bonds. The first kappa shape index (κ1) is 17.5. The molecule has 0 aliphatic rings. The van der Waals surface area contributed by atoms with Crippen molar-refractivity contribution < 1.29 is 13.2 Å². The number of hydrogen-bond acceptors (Lipinski definition) is 5. The Morgan fingerprint density at radius 1 is 1.28 bits per heavy atom. The summed E-state index contributed by atoms with van der Waals surface area (Å²) >= 11 is 1.53. The normalized spacial score (nSPS) is 12.3. The first-order valence-electron chi connectivity index (χ1n) is 7.48. The number of carbonyl (C=O) groups is 1. The van der Waals surface area contributed by atoms with E-state index in [4.69, 9.17) is 5.14 Å². The molecule has 0 saturated heterocycles. The summed E-state index contributed by atoms with van der Waals surface area (Å²) in [5.41, 5.74) is 2.94. The van der Waals surface area contributed by atoms with Crippen molar-refractivity contribution in [2.24, 2.45) is 5.14 Å². The third-order valence-electron chi connectivity index (χ3n) is 4.06. The molecule has 3 rings (SSSR count). The zero-order valence-corrected chi connectivity index (χ0v) is 15.6. The number of carbonyl (C=O) groups excluding carboxylic acids is 1. The molecule has 0 aliphatic heterocycles. The van der Waals surface area contributed by atoms with Gasteiger partial charge in [0.25, 0.3) is 0 Å². The molecule has 0 fully saturated rings. The largest absolute Gasteiger partial charge is 0.288 e. The average Bonchev–Trinajstić information content (AvgIpc) is 3.06. The molecule has 0 aliphatic carbocycles. The van der Waals surface area contributed by atoms with Gasteiger partial charge in [0.15, 0.2) is 4.96 Å². The molecule has 6 nitrogen and oxygen atoms in total. The molecule has 8 heteroatoms. The Balaban J connectivity index is 1.98. The van der Waals surface area contributed by atoms with Crippen LogP contribution in [0, 0.1) is 20.8 Å². The Morgan fingerprint density at radius 3 is 2.68 bits per heavy atom. The number of imidazole rings is 1. The number of ketones is 1. The number of fused-ring (bicyclic) bond motifs is 1. The first-order valence-corrected chi connectivity index (χ1v) is 9.84. The van der Waals surface area contributed by atoms with Crippen molar-refractivity contribution >= 4 is 38.2 Å². The van der Waals surface area contributed by atoms with Crippen molar-refractivity contribution in [2.45, 2.75) is 25.7 Å². The maximum Gasteiger partial charge on any atom is 0.238 e. The van der Waals surface area contributed by atoms with Crippen LogP contribution in [0.4, 0.5) is 0 Å². The van der Waals surface area contributed by atoms with E-state index in [1.807, 2.05) is 25.2 Å². The second kappa shape index (κ2) is 6.21. The van der Waals surface area contributed by atoms with Gasteiger partial charge in [-0.3, -0.25) is 9.20 Å².